The van der Waals surface area contributed by atoms with Gasteiger partial charge < -0.3 is 14.4 Å². The van der Waals surface area contributed by atoms with Crippen molar-refractivity contribution in [3.05, 3.63) is 29.3 Å². The zero-order valence-corrected chi connectivity index (χ0v) is 19.5. The van der Waals surface area contributed by atoms with Gasteiger partial charge in [-0.1, -0.05) is 13.3 Å². The molecular formula is C24H35F3N2O3. The number of aryl methyl sites for hydroxylation is 1. The molecule has 8 heteroatoms. The molecule has 2 fully saturated rings. The number of alkyl halides is 3. The van der Waals surface area contributed by atoms with E-state index >= 15 is 0 Å². The van der Waals surface area contributed by atoms with E-state index in [0.717, 1.165) is 24.2 Å². The van der Waals surface area contributed by atoms with E-state index in [0.29, 0.717) is 38.0 Å². The van der Waals surface area contributed by atoms with Crippen LogP contribution in [0.5, 0.6) is 5.75 Å². The van der Waals surface area contributed by atoms with E-state index in [1.165, 1.54) is 4.90 Å². The van der Waals surface area contributed by atoms with Crippen LogP contribution in [0.2, 0.25) is 0 Å². The van der Waals surface area contributed by atoms with Gasteiger partial charge >= 0.3 is 6.18 Å². The Labute approximate surface area is 188 Å². The second-order valence-electron chi connectivity index (χ2n) is 9.44. The van der Waals surface area contributed by atoms with Crippen molar-refractivity contribution in [2.24, 2.45) is 0 Å². The molecule has 180 valence electrons. The van der Waals surface area contributed by atoms with Crippen molar-refractivity contribution in [3.63, 3.8) is 0 Å². The fourth-order valence-electron chi connectivity index (χ4n) is 4.78. The Hall–Kier alpha value is -1.80. The first kappa shape index (κ1) is 24.8. The Bertz CT molecular complexity index is 789. The van der Waals surface area contributed by atoms with Crippen molar-refractivity contribution >= 4 is 5.91 Å². The lowest BCUT2D eigenvalue weighted by Gasteiger charge is -2.50. The minimum Gasteiger partial charge on any atom is -0.491 e. The van der Waals surface area contributed by atoms with Gasteiger partial charge in [0.2, 0.25) is 0 Å². The summed E-state index contributed by atoms with van der Waals surface area (Å²) in [5.41, 5.74) is 0.880. The third-order valence-electron chi connectivity index (χ3n) is 6.15. The largest absolute Gasteiger partial charge is 0.491 e. The summed E-state index contributed by atoms with van der Waals surface area (Å²) in [6, 6.07) is 5.43. The van der Waals surface area contributed by atoms with Gasteiger partial charge in [-0.15, -0.1) is 0 Å². The highest BCUT2D eigenvalue weighted by molar-refractivity contribution is 5.94. The molecule has 2 aliphatic heterocycles. The third kappa shape index (κ3) is 6.38. The van der Waals surface area contributed by atoms with Crippen molar-refractivity contribution in [2.75, 3.05) is 32.7 Å². The van der Waals surface area contributed by atoms with Crippen LogP contribution in [0.4, 0.5) is 13.2 Å². The van der Waals surface area contributed by atoms with Gasteiger partial charge in [-0.3, -0.25) is 9.69 Å². The average molecular weight is 457 g/mol. The first-order valence-corrected chi connectivity index (χ1v) is 11.5. The van der Waals surface area contributed by atoms with E-state index in [-0.39, 0.29) is 24.7 Å². The van der Waals surface area contributed by atoms with Crippen LogP contribution in [0.3, 0.4) is 0 Å². The molecule has 2 heterocycles. The maximum absolute atomic E-state index is 13.1. The molecule has 0 bridgehead atoms. The van der Waals surface area contributed by atoms with Crippen molar-refractivity contribution < 1.29 is 27.4 Å². The number of likely N-dealkylation sites (tertiary alicyclic amines) is 1. The van der Waals surface area contributed by atoms with E-state index in [9.17, 15) is 18.0 Å². The predicted molar refractivity (Wildman–Crippen MR) is 117 cm³/mol. The molecule has 1 amide bonds. The number of carbonyl (C=O) groups is 1. The Kier molecular flexibility index (Phi) is 7.76. The molecule has 1 atom stereocenters. The van der Waals surface area contributed by atoms with Crippen LogP contribution in [0, 0.1) is 6.92 Å². The fourth-order valence-corrected chi connectivity index (χ4v) is 4.78. The molecule has 0 radical (unpaired) electrons. The Morgan fingerprint density at radius 1 is 1.28 bits per heavy atom. The summed E-state index contributed by atoms with van der Waals surface area (Å²) in [5, 5.41) is 0. The smallest absolute Gasteiger partial charge is 0.401 e. The lowest BCUT2D eigenvalue weighted by Crippen LogP contribution is -2.61. The average Bonchev–Trinajstić information content (AvgIpc) is 2.68. The van der Waals surface area contributed by atoms with Crippen LogP contribution in [-0.2, 0) is 4.74 Å². The number of piperidine rings is 1. The van der Waals surface area contributed by atoms with Gasteiger partial charge in [-0.2, -0.15) is 13.2 Å². The molecular weight excluding hydrogens is 421 g/mol. The molecule has 1 aromatic rings. The van der Waals surface area contributed by atoms with Crippen LogP contribution >= 0.6 is 0 Å². The second kappa shape index (κ2) is 10.00. The van der Waals surface area contributed by atoms with Gasteiger partial charge in [0.05, 0.1) is 24.4 Å². The van der Waals surface area contributed by atoms with E-state index in [1.54, 1.807) is 11.0 Å². The van der Waals surface area contributed by atoms with Gasteiger partial charge in [0.15, 0.2) is 0 Å². The molecule has 0 aromatic heterocycles. The van der Waals surface area contributed by atoms with E-state index < -0.39 is 18.3 Å². The highest BCUT2D eigenvalue weighted by atomic mass is 19.4. The number of morpholine rings is 1. The highest BCUT2D eigenvalue weighted by Crippen LogP contribution is 2.35. The normalized spacial score (nSPS) is 21.9. The molecule has 32 heavy (non-hydrogen) atoms. The summed E-state index contributed by atoms with van der Waals surface area (Å²) < 4.78 is 51.2. The number of carbonyl (C=O) groups excluding carboxylic acids is 1. The Morgan fingerprint density at radius 3 is 2.53 bits per heavy atom. The number of halogens is 3. The molecule has 3 rings (SSSR count). The zero-order chi connectivity index (χ0) is 23.5. The molecule has 2 aliphatic rings. The molecule has 0 saturated carbocycles. The molecule has 1 unspecified atom stereocenters. The van der Waals surface area contributed by atoms with Gasteiger partial charge in [-0.05, 0) is 63.8 Å². The summed E-state index contributed by atoms with van der Waals surface area (Å²) in [4.78, 5) is 16.3. The number of amides is 1. The molecule has 0 N–H and O–H groups in total. The molecule has 2 saturated heterocycles. The highest BCUT2D eigenvalue weighted by Gasteiger charge is 2.45. The molecule has 1 aromatic carbocycles. The monoisotopic (exact) mass is 456 g/mol. The Morgan fingerprint density at radius 2 is 1.97 bits per heavy atom. The minimum atomic E-state index is -4.23. The quantitative estimate of drug-likeness (QED) is 0.616. The third-order valence-corrected chi connectivity index (χ3v) is 6.15. The molecule has 5 nitrogen and oxygen atoms in total. The molecule has 1 spiro atoms. The van der Waals surface area contributed by atoms with E-state index in [4.69, 9.17) is 9.47 Å². The summed E-state index contributed by atoms with van der Waals surface area (Å²) in [6.07, 6.45) is -1.69. The summed E-state index contributed by atoms with van der Waals surface area (Å²) in [7, 11) is 0. The summed E-state index contributed by atoms with van der Waals surface area (Å²) in [5.74, 6) is 0.698. The lowest BCUT2D eigenvalue weighted by atomic mass is 9.87. The van der Waals surface area contributed by atoms with Crippen LogP contribution in [0.25, 0.3) is 0 Å². The van der Waals surface area contributed by atoms with Crippen LogP contribution < -0.4 is 4.74 Å². The van der Waals surface area contributed by atoms with Crippen molar-refractivity contribution in [1.29, 1.82) is 0 Å². The second-order valence-corrected chi connectivity index (χ2v) is 9.44. The van der Waals surface area contributed by atoms with Gasteiger partial charge in [0, 0.05) is 31.7 Å². The number of hydrogen-bond donors (Lipinski definition) is 0. The van der Waals surface area contributed by atoms with Gasteiger partial charge in [-0.25, -0.2) is 0 Å². The van der Waals surface area contributed by atoms with Gasteiger partial charge in [0.1, 0.15) is 5.75 Å². The fraction of sp³-hybridized carbons (Fsp3) is 0.708. The lowest BCUT2D eigenvalue weighted by molar-refractivity contribution is -0.205. The minimum absolute atomic E-state index is 0.0532. The van der Waals surface area contributed by atoms with Crippen molar-refractivity contribution in [3.8, 4) is 5.75 Å². The number of rotatable bonds is 6. The number of nitrogens with zero attached hydrogens (tertiary/aromatic N) is 2. The topological polar surface area (TPSA) is 42.0 Å². The van der Waals surface area contributed by atoms with Crippen LogP contribution in [0.15, 0.2) is 18.2 Å². The number of ether oxygens (including phenoxy) is 2. The molecule has 0 aliphatic carbocycles. The van der Waals surface area contributed by atoms with Crippen LogP contribution in [-0.4, -0.2) is 72.4 Å². The summed E-state index contributed by atoms with van der Waals surface area (Å²) in [6.45, 7) is 8.44. The zero-order valence-electron chi connectivity index (χ0n) is 19.5. The predicted octanol–water partition coefficient (Wildman–Crippen LogP) is 4.82. The van der Waals surface area contributed by atoms with Crippen molar-refractivity contribution in [2.45, 2.75) is 77.4 Å². The first-order valence-electron chi connectivity index (χ1n) is 11.5. The maximum atomic E-state index is 13.1. The summed E-state index contributed by atoms with van der Waals surface area (Å²) >= 11 is 0. The maximum Gasteiger partial charge on any atom is 0.401 e. The standard InChI is InChI=1S/C24H35F3N2O3/c1-5-6-20-14-28(16-24(25,26)27)15-23(32-20)9-11-29(12-10-23)22(30)19-7-8-21(18(4)13-19)31-17(2)3/h7-8,13,17,20H,5-6,9-12,14-16H2,1-4H3. The number of hydrogen-bond acceptors (Lipinski definition) is 4. The first-order chi connectivity index (χ1) is 15.0. The SMILES string of the molecule is CCCC1CN(CC(F)(F)F)CC2(CCN(C(=O)c3ccc(OC(C)C)c(C)c3)CC2)O1. The van der Waals surface area contributed by atoms with Crippen molar-refractivity contribution in [1.82, 2.24) is 9.80 Å². The van der Waals surface area contributed by atoms with Gasteiger partial charge in [0.25, 0.3) is 5.91 Å². The Balaban J connectivity index is 1.66. The number of benzene rings is 1. The van der Waals surface area contributed by atoms with E-state index in [2.05, 4.69) is 0 Å². The van der Waals surface area contributed by atoms with E-state index in [1.807, 2.05) is 39.8 Å². The van der Waals surface area contributed by atoms with Crippen LogP contribution in [0.1, 0.15) is 62.4 Å².